The van der Waals surface area contributed by atoms with Gasteiger partial charge in [-0.3, -0.25) is 0 Å². The van der Waals surface area contributed by atoms with Gasteiger partial charge in [0.1, 0.15) is 5.58 Å². The summed E-state index contributed by atoms with van der Waals surface area (Å²) in [5.41, 5.74) is 12.2. The van der Waals surface area contributed by atoms with Crippen molar-refractivity contribution in [3.63, 3.8) is 0 Å². The summed E-state index contributed by atoms with van der Waals surface area (Å²) in [4.78, 5) is 2.32. The number of furan rings is 1. The van der Waals surface area contributed by atoms with Gasteiger partial charge in [0.05, 0.1) is 11.1 Å². The first-order valence-electron chi connectivity index (χ1n) is 16.9. The van der Waals surface area contributed by atoms with Crippen molar-refractivity contribution in [3.05, 3.63) is 210 Å². The molecule has 49 heavy (non-hydrogen) atoms. The van der Waals surface area contributed by atoms with Crippen LogP contribution in [0, 0.1) is 0 Å². The van der Waals surface area contributed by atoms with Gasteiger partial charge in [0, 0.05) is 27.5 Å². The molecule has 9 aromatic rings. The third kappa shape index (κ3) is 4.01. The number of hydrogen-bond acceptors (Lipinski definition) is 2. The molecule has 230 valence electrons. The lowest BCUT2D eigenvalue weighted by Gasteiger charge is -2.34. The molecule has 0 bridgehead atoms. The van der Waals surface area contributed by atoms with Crippen molar-refractivity contribution in [2.45, 2.75) is 5.41 Å². The number of anilines is 3. The first-order valence-corrected chi connectivity index (χ1v) is 16.9. The second kappa shape index (κ2) is 10.8. The molecule has 1 aromatic heterocycles. The van der Waals surface area contributed by atoms with E-state index in [1.54, 1.807) is 0 Å². The molecule has 0 spiro atoms. The van der Waals surface area contributed by atoms with Gasteiger partial charge in [-0.15, -0.1) is 0 Å². The molecule has 0 atom stereocenters. The highest BCUT2D eigenvalue weighted by Crippen LogP contribution is 2.56. The Bertz CT molecular complexity index is 2610. The quantitative estimate of drug-likeness (QED) is 0.189. The molecule has 8 aromatic carbocycles. The summed E-state index contributed by atoms with van der Waals surface area (Å²) in [6.07, 6.45) is 0. The van der Waals surface area contributed by atoms with Crippen LogP contribution in [0.3, 0.4) is 0 Å². The number of hydrogen-bond donors (Lipinski definition) is 0. The van der Waals surface area contributed by atoms with Crippen LogP contribution in [0.15, 0.2) is 192 Å². The lowest BCUT2D eigenvalue weighted by atomic mass is 9.68. The highest BCUT2D eigenvalue weighted by atomic mass is 16.3. The smallest absolute Gasteiger partial charge is 0.159 e. The maximum absolute atomic E-state index is 6.84. The van der Waals surface area contributed by atoms with Crippen LogP contribution < -0.4 is 4.90 Å². The molecule has 0 N–H and O–H groups in total. The molecule has 1 aliphatic rings. The highest BCUT2D eigenvalue weighted by molar-refractivity contribution is 6.17. The summed E-state index contributed by atoms with van der Waals surface area (Å²) < 4.78 is 6.84. The molecular formula is C47H31NO. The molecule has 2 nitrogen and oxygen atoms in total. The lowest BCUT2D eigenvalue weighted by molar-refractivity contribution is 0.673. The molecule has 0 fully saturated rings. The van der Waals surface area contributed by atoms with E-state index in [1.807, 2.05) is 0 Å². The van der Waals surface area contributed by atoms with Crippen molar-refractivity contribution in [2.24, 2.45) is 0 Å². The first-order chi connectivity index (χ1) is 24.3. The van der Waals surface area contributed by atoms with Crippen molar-refractivity contribution in [3.8, 4) is 11.1 Å². The van der Waals surface area contributed by atoms with Gasteiger partial charge in [0.2, 0.25) is 0 Å². The average molecular weight is 626 g/mol. The van der Waals surface area contributed by atoms with Crippen LogP contribution in [0.1, 0.15) is 22.3 Å². The van der Waals surface area contributed by atoms with Crippen LogP contribution in [0.4, 0.5) is 17.1 Å². The zero-order chi connectivity index (χ0) is 32.4. The zero-order valence-electron chi connectivity index (χ0n) is 26.8. The lowest BCUT2D eigenvalue weighted by Crippen LogP contribution is -2.28. The first kappa shape index (κ1) is 27.7. The van der Waals surface area contributed by atoms with Crippen molar-refractivity contribution in [1.82, 2.24) is 0 Å². The fraction of sp³-hybridized carbons (Fsp3) is 0.0213. The Morgan fingerprint density at radius 2 is 0.918 bits per heavy atom. The minimum Gasteiger partial charge on any atom is -0.453 e. The van der Waals surface area contributed by atoms with Crippen LogP contribution in [-0.2, 0) is 5.41 Å². The van der Waals surface area contributed by atoms with Crippen molar-refractivity contribution < 1.29 is 4.42 Å². The minimum atomic E-state index is -0.440. The Labute approximate surface area is 285 Å². The molecule has 0 unspecified atom stereocenters. The number of rotatable bonds is 5. The number of para-hydroxylation sites is 2. The predicted octanol–water partition coefficient (Wildman–Crippen LogP) is 12.6. The monoisotopic (exact) mass is 625 g/mol. The Hall–Kier alpha value is -6.38. The fourth-order valence-electron chi connectivity index (χ4n) is 8.26. The largest absolute Gasteiger partial charge is 0.453 e. The molecule has 0 saturated carbocycles. The zero-order valence-corrected chi connectivity index (χ0v) is 26.8. The van der Waals surface area contributed by atoms with Crippen molar-refractivity contribution in [1.29, 1.82) is 0 Å². The Balaban J connectivity index is 1.19. The molecular weight excluding hydrogens is 595 g/mol. The maximum Gasteiger partial charge on any atom is 0.159 e. The van der Waals surface area contributed by atoms with Crippen molar-refractivity contribution >= 4 is 49.8 Å². The van der Waals surface area contributed by atoms with Crippen LogP contribution in [-0.4, -0.2) is 0 Å². The summed E-state index contributed by atoms with van der Waals surface area (Å²) in [7, 11) is 0. The van der Waals surface area contributed by atoms with E-state index in [9.17, 15) is 0 Å². The molecule has 0 amide bonds. The number of nitrogens with zero attached hydrogens (tertiary/aromatic N) is 1. The molecule has 1 heterocycles. The molecule has 0 radical (unpaired) electrons. The van der Waals surface area contributed by atoms with Gasteiger partial charge in [-0.05, 0) is 75.2 Å². The van der Waals surface area contributed by atoms with Crippen LogP contribution >= 0.6 is 0 Å². The van der Waals surface area contributed by atoms with E-state index in [1.165, 1.54) is 38.8 Å². The van der Waals surface area contributed by atoms with Gasteiger partial charge in [0.25, 0.3) is 0 Å². The van der Waals surface area contributed by atoms with E-state index < -0.39 is 5.41 Å². The summed E-state index contributed by atoms with van der Waals surface area (Å²) in [6.45, 7) is 0. The van der Waals surface area contributed by atoms with Crippen molar-refractivity contribution in [2.75, 3.05) is 4.90 Å². The van der Waals surface area contributed by atoms with E-state index in [-0.39, 0.29) is 0 Å². The molecule has 0 aliphatic heterocycles. The minimum absolute atomic E-state index is 0.440. The van der Waals surface area contributed by atoms with Crippen LogP contribution in [0.25, 0.3) is 43.8 Å². The van der Waals surface area contributed by atoms with Gasteiger partial charge in [-0.25, -0.2) is 0 Å². The van der Waals surface area contributed by atoms with Gasteiger partial charge >= 0.3 is 0 Å². The third-order valence-corrected chi connectivity index (χ3v) is 10.3. The predicted molar refractivity (Wildman–Crippen MR) is 203 cm³/mol. The maximum atomic E-state index is 6.84. The Kier molecular flexibility index (Phi) is 6.13. The van der Waals surface area contributed by atoms with Gasteiger partial charge in [0.15, 0.2) is 5.58 Å². The number of benzene rings is 8. The summed E-state index contributed by atoms with van der Waals surface area (Å²) in [6, 6.07) is 67.8. The average Bonchev–Trinajstić information content (AvgIpc) is 3.71. The molecule has 0 saturated heterocycles. The third-order valence-electron chi connectivity index (χ3n) is 10.3. The second-order valence-electron chi connectivity index (χ2n) is 12.8. The molecule has 2 heteroatoms. The topological polar surface area (TPSA) is 16.4 Å². The molecule has 1 aliphatic carbocycles. The van der Waals surface area contributed by atoms with E-state index in [0.717, 1.165) is 44.4 Å². The standard InChI is InChI=1S/C47H31NO/c1-3-15-33(16-4-1)47(42-23-11-9-20-38(42)39-21-10-12-24-43(39)47)34-27-29-36(30-28-34)48(35-17-5-2-6-18-35)44-25-13-22-40-41-31-26-32-14-7-8-19-37(32)45(41)49-46(40)44/h1-31H. The van der Waals surface area contributed by atoms with Crippen LogP contribution in [0.2, 0.25) is 0 Å². The SMILES string of the molecule is c1ccc(N(c2ccc(C3(c4ccccc4)c4ccccc4-c4ccccc43)cc2)c2cccc3c2oc2c4ccccc4ccc32)cc1. The van der Waals surface area contributed by atoms with E-state index in [2.05, 4.69) is 193 Å². The molecule has 10 rings (SSSR count). The van der Waals surface area contributed by atoms with Crippen LogP contribution in [0.5, 0.6) is 0 Å². The summed E-state index contributed by atoms with van der Waals surface area (Å²) in [5, 5.41) is 4.54. The Morgan fingerprint density at radius 3 is 1.65 bits per heavy atom. The van der Waals surface area contributed by atoms with Gasteiger partial charge in [-0.1, -0.05) is 152 Å². The highest BCUT2D eigenvalue weighted by Gasteiger charge is 2.45. The van der Waals surface area contributed by atoms with E-state index in [0.29, 0.717) is 0 Å². The normalized spacial score (nSPS) is 13.1. The summed E-state index contributed by atoms with van der Waals surface area (Å²) in [5.74, 6) is 0. The van der Waals surface area contributed by atoms with E-state index in [4.69, 9.17) is 4.42 Å². The van der Waals surface area contributed by atoms with E-state index >= 15 is 0 Å². The fourth-order valence-corrected chi connectivity index (χ4v) is 8.26. The Morgan fingerprint density at radius 1 is 0.367 bits per heavy atom. The van der Waals surface area contributed by atoms with Gasteiger partial charge < -0.3 is 9.32 Å². The van der Waals surface area contributed by atoms with Gasteiger partial charge in [-0.2, -0.15) is 0 Å². The number of fused-ring (bicyclic) bond motifs is 8. The summed E-state index contributed by atoms with van der Waals surface area (Å²) >= 11 is 0. The second-order valence-corrected chi connectivity index (χ2v) is 12.8.